The molecule has 156 valence electrons. The number of aromatic nitrogens is 3. The van der Waals surface area contributed by atoms with Gasteiger partial charge in [0, 0.05) is 38.3 Å². The minimum Gasteiger partial charge on any atom is -0.494 e. The maximum atomic E-state index is 12.9. The number of piperazine rings is 1. The molecule has 1 saturated heterocycles. The number of hydrogen-bond acceptors (Lipinski definition) is 5. The van der Waals surface area contributed by atoms with Gasteiger partial charge in [0.05, 0.1) is 13.2 Å². The Morgan fingerprint density at radius 2 is 1.60 bits per heavy atom. The first-order valence-corrected chi connectivity index (χ1v) is 10.4. The van der Waals surface area contributed by atoms with Crippen LogP contribution in [0.1, 0.15) is 28.4 Å². The molecule has 1 aliphatic heterocycles. The van der Waals surface area contributed by atoms with Gasteiger partial charge in [0.25, 0.3) is 5.91 Å². The molecule has 0 saturated carbocycles. The van der Waals surface area contributed by atoms with Crippen molar-refractivity contribution >= 4 is 5.91 Å². The van der Waals surface area contributed by atoms with Crippen LogP contribution in [0.4, 0.5) is 0 Å². The Balaban J connectivity index is 1.27. The third-order valence-electron chi connectivity index (χ3n) is 5.31. The van der Waals surface area contributed by atoms with E-state index in [1.807, 2.05) is 48.2 Å². The quantitative estimate of drug-likeness (QED) is 0.605. The van der Waals surface area contributed by atoms with E-state index in [-0.39, 0.29) is 5.91 Å². The second-order valence-corrected chi connectivity index (χ2v) is 7.44. The van der Waals surface area contributed by atoms with Crippen molar-refractivity contribution in [2.45, 2.75) is 20.0 Å². The Morgan fingerprint density at radius 1 is 0.933 bits per heavy atom. The van der Waals surface area contributed by atoms with Crippen molar-refractivity contribution in [3.63, 3.8) is 0 Å². The number of carbonyl (C=O) groups is 1. The molecule has 0 aliphatic carbocycles. The zero-order valence-electron chi connectivity index (χ0n) is 17.3. The van der Waals surface area contributed by atoms with Crippen molar-refractivity contribution in [1.29, 1.82) is 0 Å². The predicted molar refractivity (Wildman–Crippen MR) is 114 cm³/mol. The molecular weight excluding hydrogens is 378 g/mol. The zero-order valence-corrected chi connectivity index (χ0v) is 17.3. The summed E-state index contributed by atoms with van der Waals surface area (Å²) in [7, 11) is 0. The van der Waals surface area contributed by atoms with Gasteiger partial charge in [-0.2, -0.15) is 5.10 Å². The van der Waals surface area contributed by atoms with Crippen LogP contribution < -0.4 is 4.74 Å². The van der Waals surface area contributed by atoms with Crippen LogP contribution in [0.2, 0.25) is 0 Å². The van der Waals surface area contributed by atoms with Gasteiger partial charge in [-0.25, -0.2) is 9.67 Å². The van der Waals surface area contributed by atoms with Crippen LogP contribution in [-0.4, -0.2) is 63.3 Å². The highest BCUT2D eigenvalue weighted by atomic mass is 16.5. The number of benzene rings is 2. The number of hydrogen-bond donors (Lipinski definition) is 0. The number of nitrogens with zero attached hydrogens (tertiary/aromatic N) is 5. The van der Waals surface area contributed by atoms with Crippen molar-refractivity contribution in [3.05, 3.63) is 77.9 Å². The Hall–Kier alpha value is -3.19. The summed E-state index contributed by atoms with van der Waals surface area (Å²) in [5.74, 6) is 1.01. The average Bonchev–Trinajstić information content (AvgIpc) is 3.29. The van der Waals surface area contributed by atoms with Gasteiger partial charge in [-0.3, -0.25) is 9.69 Å². The van der Waals surface area contributed by atoms with Gasteiger partial charge in [0.1, 0.15) is 18.4 Å². The van der Waals surface area contributed by atoms with E-state index in [0.29, 0.717) is 13.2 Å². The van der Waals surface area contributed by atoms with Crippen LogP contribution in [0, 0.1) is 0 Å². The minimum atomic E-state index is 0.100. The fourth-order valence-corrected chi connectivity index (χ4v) is 3.66. The van der Waals surface area contributed by atoms with Gasteiger partial charge < -0.3 is 9.64 Å². The van der Waals surface area contributed by atoms with Gasteiger partial charge >= 0.3 is 0 Å². The molecule has 7 heteroatoms. The van der Waals surface area contributed by atoms with E-state index in [1.54, 1.807) is 11.0 Å². The maximum absolute atomic E-state index is 12.9. The van der Waals surface area contributed by atoms with Crippen molar-refractivity contribution in [2.24, 2.45) is 0 Å². The Bertz CT molecular complexity index is 931. The van der Waals surface area contributed by atoms with Gasteiger partial charge in [-0.15, -0.1) is 0 Å². The second kappa shape index (κ2) is 9.54. The highest BCUT2D eigenvalue weighted by Crippen LogP contribution is 2.16. The lowest BCUT2D eigenvalue weighted by molar-refractivity contribution is 0.0628. The van der Waals surface area contributed by atoms with Crippen molar-refractivity contribution in [2.75, 3.05) is 32.8 Å². The highest BCUT2D eigenvalue weighted by Gasteiger charge is 2.22. The summed E-state index contributed by atoms with van der Waals surface area (Å²) in [5.41, 5.74) is 3.09. The fraction of sp³-hybridized carbons (Fsp3) is 0.348. The molecule has 4 rings (SSSR count). The molecule has 2 heterocycles. The summed E-state index contributed by atoms with van der Waals surface area (Å²) >= 11 is 0. The number of carbonyl (C=O) groups excluding carboxylic acids is 1. The Labute approximate surface area is 176 Å². The lowest BCUT2D eigenvalue weighted by Crippen LogP contribution is -2.48. The molecule has 2 aromatic carbocycles. The molecule has 0 radical (unpaired) electrons. The molecule has 0 bridgehead atoms. The third-order valence-corrected chi connectivity index (χ3v) is 5.31. The van der Waals surface area contributed by atoms with Crippen LogP contribution in [0.25, 0.3) is 0 Å². The predicted octanol–water partition coefficient (Wildman–Crippen LogP) is 2.68. The van der Waals surface area contributed by atoms with E-state index in [2.05, 4.69) is 27.1 Å². The summed E-state index contributed by atoms with van der Waals surface area (Å²) in [4.78, 5) is 21.1. The Morgan fingerprint density at radius 3 is 2.23 bits per heavy atom. The van der Waals surface area contributed by atoms with Gasteiger partial charge in [0.15, 0.2) is 0 Å². The summed E-state index contributed by atoms with van der Waals surface area (Å²) in [5, 5.41) is 4.11. The highest BCUT2D eigenvalue weighted by molar-refractivity contribution is 5.94. The fourth-order valence-electron chi connectivity index (χ4n) is 3.66. The Kier molecular flexibility index (Phi) is 6.39. The van der Waals surface area contributed by atoms with E-state index in [1.165, 1.54) is 11.9 Å². The molecule has 1 amide bonds. The smallest absolute Gasteiger partial charge is 0.253 e. The maximum Gasteiger partial charge on any atom is 0.253 e. The third kappa shape index (κ3) is 5.04. The van der Waals surface area contributed by atoms with Crippen LogP contribution in [0.3, 0.4) is 0 Å². The van der Waals surface area contributed by atoms with Gasteiger partial charge in [0.2, 0.25) is 0 Å². The summed E-state index contributed by atoms with van der Waals surface area (Å²) in [6.45, 7) is 7.46. The lowest BCUT2D eigenvalue weighted by Gasteiger charge is -2.34. The molecule has 0 N–H and O–H groups in total. The van der Waals surface area contributed by atoms with E-state index >= 15 is 0 Å². The van der Waals surface area contributed by atoms with E-state index in [9.17, 15) is 4.79 Å². The van der Waals surface area contributed by atoms with Gasteiger partial charge in [-0.05, 0) is 42.3 Å². The zero-order chi connectivity index (χ0) is 20.8. The van der Waals surface area contributed by atoms with E-state index in [0.717, 1.165) is 49.6 Å². The topological polar surface area (TPSA) is 63.5 Å². The molecule has 7 nitrogen and oxygen atoms in total. The van der Waals surface area contributed by atoms with E-state index < -0.39 is 0 Å². The number of ether oxygens (including phenoxy) is 1. The van der Waals surface area contributed by atoms with Crippen LogP contribution in [0.15, 0.2) is 61.2 Å². The normalized spacial score (nSPS) is 14.6. The van der Waals surface area contributed by atoms with Gasteiger partial charge in [-0.1, -0.05) is 24.3 Å². The molecule has 0 unspecified atom stereocenters. The molecule has 1 aliphatic rings. The number of amides is 1. The summed E-state index contributed by atoms with van der Waals surface area (Å²) < 4.78 is 7.27. The first-order chi connectivity index (χ1) is 14.7. The van der Waals surface area contributed by atoms with Crippen LogP contribution in [-0.2, 0) is 13.1 Å². The monoisotopic (exact) mass is 405 g/mol. The SMILES string of the molecule is CCOc1ccc(CN2CCN(C(=O)c3ccc(Cn4cncn4)cc3)CC2)cc1. The summed E-state index contributed by atoms with van der Waals surface area (Å²) in [6, 6.07) is 16.0. The first kappa shape index (κ1) is 20.1. The van der Waals surface area contributed by atoms with Crippen LogP contribution >= 0.6 is 0 Å². The molecule has 1 fully saturated rings. The number of rotatable bonds is 7. The standard InChI is InChI=1S/C23H27N5O2/c1-2-30-22-9-5-19(6-10-22)15-26-11-13-27(14-12-26)23(29)21-7-3-20(4-8-21)16-28-18-24-17-25-28/h3-10,17-18H,2,11-16H2,1H3. The van der Waals surface area contributed by atoms with Crippen molar-refractivity contribution < 1.29 is 9.53 Å². The molecular formula is C23H27N5O2. The minimum absolute atomic E-state index is 0.100. The molecule has 30 heavy (non-hydrogen) atoms. The van der Waals surface area contributed by atoms with Crippen LogP contribution in [0.5, 0.6) is 5.75 Å². The molecule has 3 aromatic rings. The van der Waals surface area contributed by atoms with E-state index in [4.69, 9.17) is 4.74 Å². The molecule has 1 aromatic heterocycles. The summed E-state index contributed by atoms with van der Waals surface area (Å²) in [6.07, 6.45) is 3.21. The van der Waals surface area contributed by atoms with Crippen molar-refractivity contribution in [1.82, 2.24) is 24.6 Å². The largest absolute Gasteiger partial charge is 0.494 e. The lowest BCUT2D eigenvalue weighted by atomic mass is 10.1. The second-order valence-electron chi connectivity index (χ2n) is 7.44. The first-order valence-electron chi connectivity index (χ1n) is 10.4. The average molecular weight is 406 g/mol. The molecule has 0 spiro atoms. The molecule has 0 atom stereocenters. The van der Waals surface area contributed by atoms with Crippen molar-refractivity contribution in [3.8, 4) is 5.75 Å².